The number of anilines is 2. The number of amides is 1. The normalized spacial score (nSPS) is 21.5. The van der Waals surface area contributed by atoms with Gasteiger partial charge in [0.1, 0.15) is 17.5 Å². The van der Waals surface area contributed by atoms with Gasteiger partial charge in [0.05, 0.1) is 11.2 Å². The summed E-state index contributed by atoms with van der Waals surface area (Å²) in [7, 11) is 7.34. The van der Waals surface area contributed by atoms with Crippen LogP contribution in [0.3, 0.4) is 0 Å². The Morgan fingerprint density at radius 2 is 1.81 bits per heavy atom. The van der Waals surface area contributed by atoms with Crippen molar-refractivity contribution >= 4 is 28.2 Å². The van der Waals surface area contributed by atoms with E-state index in [1.165, 1.54) is 24.6 Å². The van der Waals surface area contributed by atoms with Crippen LogP contribution in [0.25, 0.3) is 10.9 Å². The highest BCUT2D eigenvalue weighted by Crippen LogP contribution is 2.42. The molecule has 7 nitrogen and oxygen atoms in total. The zero-order valence-electron chi connectivity index (χ0n) is 19.6. The van der Waals surface area contributed by atoms with Crippen LogP contribution in [0.1, 0.15) is 18.9 Å². The lowest BCUT2D eigenvalue weighted by Gasteiger charge is -2.50. The molecule has 1 amide bonds. The highest BCUT2D eigenvalue weighted by atomic mass is 19.1. The van der Waals surface area contributed by atoms with Gasteiger partial charge < -0.3 is 19.3 Å². The first-order chi connectivity index (χ1) is 15.0. The second-order valence-electron chi connectivity index (χ2n) is 9.36. The lowest BCUT2D eigenvalue weighted by atomic mass is 9.97. The first kappa shape index (κ1) is 22.7. The van der Waals surface area contributed by atoms with E-state index in [4.69, 9.17) is 0 Å². The second kappa shape index (κ2) is 8.12. The Bertz CT molecular complexity index is 1150. The molecule has 0 spiro atoms. The average molecular weight is 448 g/mol. The van der Waals surface area contributed by atoms with E-state index in [1.54, 1.807) is 4.90 Å². The minimum absolute atomic E-state index is 0.0700. The quantitative estimate of drug-likeness (QED) is 0.717. The number of nitrogens with zero attached hydrogens (tertiary/aromatic N) is 5. The molecule has 9 heteroatoms. The van der Waals surface area contributed by atoms with Gasteiger partial charge in [-0.05, 0) is 54.0 Å². The average Bonchev–Trinajstić information content (AvgIpc) is 2.72. The number of carbonyl (C=O) groups is 1. The van der Waals surface area contributed by atoms with Crippen molar-refractivity contribution in [3.8, 4) is 0 Å². The predicted molar refractivity (Wildman–Crippen MR) is 123 cm³/mol. The molecule has 2 aromatic rings. The van der Waals surface area contributed by atoms with Crippen molar-refractivity contribution in [3.05, 3.63) is 33.6 Å². The SMILES string of the molecule is Cc1c(F)cc2c3c(c(=O)n(C)c2c1F)N(CCCN(C)C)C(=O)C1CN(C)C(C)CN31. The number of hydrogen-bond acceptors (Lipinski definition) is 5. The number of aryl methyl sites for hydroxylation is 1. The van der Waals surface area contributed by atoms with Crippen molar-refractivity contribution < 1.29 is 13.6 Å². The number of pyridine rings is 1. The van der Waals surface area contributed by atoms with Crippen LogP contribution in [0, 0.1) is 18.6 Å². The van der Waals surface area contributed by atoms with Crippen LogP contribution in [0.5, 0.6) is 0 Å². The summed E-state index contributed by atoms with van der Waals surface area (Å²) in [6.07, 6.45) is 0.676. The van der Waals surface area contributed by atoms with Crippen LogP contribution < -0.4 is 15.4 Å². The maximum absolute atomic E-state index is 15.2. The maximum Gasteiger partial charge on any atom is 0.277 e. The van der Waals surface area contributed by atoms with Gasteiger partial charge in [-0.1, -0.05) is 0 Å². The first-order valence-corrected chi connectivity index (χ1v) is 11.0. The molecule has 2 unspecified atom stereocenters. The summed E-state index contributed by atoms with van der Waals surface area (Å²) in [5.41, 5.74) is 0.196. The Balaban J connectivity index is 2.01. The molecule has 2 atom stereocenters. The van der Waals surface area contributed by atoms with E-state index >= 15 is 4.39 Å². The molecule has 0 N–H and O–H groups in total. The summed E-state index contributed by atoms with van der Waals surface area (Å²) in [5, 5.41) is 0.328. The van der Waals surface area contributed by atoms with Crippen LogP contribution >= 0.6 is 0 Å². The molecule has 1 aromatic carbocycles. The lowest BCUT2D eigenvalue weighted by molar-refractivity contribution is -0.121. The number of benzene rings is 1. The van der Waals surface area contributed by atoms with Gasteiger partial charge in [-0.2, -0.15) is 0 Å². The third-order valence-corrected chi connectivity index (χ3v) is 6.89. The van der Waals surface area contributed by atoms with Crippen LogP contribution in [-0.4, -0.2) is 79.7 Å². The number of fused-ring (bicyclic) bond motifs is 5. The molecule has 1 fully saturated rings. The lowest BCUT2D eigenvalue weighted by Crippen LogP contribution is -2.65. The smallest absolute Gasteiger partial charge is 0.277 e. The van der Waals surface area contributed by atoms with Gasteiger partial charge in [-0.25, -0.2) is 8.78 Å². The van der Waals surface area contributed by atoms with Crippen LogP contribution in [-0.2, 0) is 11.8 Å². The summed E-state index contributed by atoms with van der Waals surface area (Å²) in [5.74, 6) is -1.54. The fourth-order valence-electron chi connectivity index (χ4n) is 4.85. The number of rotatable bonds is 4. The summed E-state index contributed by atoms with van der Waals surface area (Å²) < 4.78 is 31.1. The van der Waals surface area contributed by atoms with Crippen molar-refractivity contribution in [1.82, 2.24) is 14.4 Å². The number of carbonyl (C=O) groups excluding carboxylic acids is 1. The van der Waals surface area contributed by atoms with Gasteiger partial charge in [0.15, 0.2) is 5.82 Å². The highest BCUT2D eigenvalue weighted by Gasteiger charge is 2.45. The van der Waals surface area contributed by atoms with Gasteiger partial charge in [0, 0.05) is 43.7 Å². The Labute approximate surface area is 186 Å². The molecule has 1 saturated heterocycles. The molecule has 0 aliphatic carbocycles. The molecule has 3 heterocycles. The van der Waals surface area contributed by atoms with Crippen LogP contribution in [0.4, 0.5) is 20.2 Å². The van der Waals surface area contributed by atoms with Gasteiger partial charge in [-0.15, -0.1) is 0 Å². The third-order valence-electron chi connectivity index (χ3n) is 6.89. The van der Waals surface area contributed by atoms with Crippen molar-refractivity contribution in [2.45, 2.75) is 32.4 Å². The van der Waals surface area contributed by atoms with Gasteiger partial charge in [0.25, 0.3) is 11.5 Å². The fourth-order valence-corrected chi connectivity index (χ4v) is 4.85. The molecule has 2 aliphatic rings. The number of piperazine rings is 1. The van der Waals surface area contributed by atoms with E-state index < -0.39 is 23.2 Å². The van der Waals surface area contributed by atoms with Crippen molar-refractivity contribution in [2.75, 3.05) is 57.1 Å². The Morgan fingerprint density at radius 3 is 2.47 bits per heavy atom. The highest BCUT2D eigenvalue weighted by molar-refractivity contribution is 6.12. The van der Waals surface area contributed by atoms with Crippen molar-refractivity contribution in [3.63, 3.8) is 0 Å². The van der Waals surface area contributed by atoms with Crippen LogP contribution in [0.15, 0.2) is 10.9 Å². The maximum atomic E-state index is 15.2. The van der Waals surface area contributed by atoms with Gasteiger partial charge in [0.2, 0.25) is 0 Å². The molecule has 0 bridgehead atoms. The van der Waals surface area contributed by atoms with E-state index in [-0.39, 0.29) is 28.7 Å². The number of hydrogen-bond donors (Lipinski definition) is 0. The fraction of sp³-hybridized carbons (Fsp3) is 0.565. The summed E-state index contributed by atoms with van der Waals surface area (Å²) in [4.78, 5) is 34.7. The van der Waals surface area contributed by atoms with Crippen molar-refractivity contribution in [1.29, 1.82) is 0 Å². The van der Waals surface area contributed by atoms with E-state index in [2.05, 4.69) is 4.90 Å². The topological polar surface area (TPSA) is 52.0 Å². The number of halogens is 2. The van der Waals surface area contributed by atoms with Crippen LogP contribution in [0.2, 0.25) is 0 Å². The molecule has 4 rings (SSSR count). The Kier molecular flexibility index (Phi) is 5.75. The van der Waals surface area contributed by atoms with E-state index in [9.17, 15) is 14.0 Å². The van der Waals surface area contributed by atoms with Crippen molar-refractivity contribution in [2.24, 2.45) is 7.05 Å². The summed E-state index contributed by atoms with van der Waals surface area (Å²) >= 11 is 0. The molecular formula is C23H31F2N5O2. The summed E-state index contributed by atoms with van der Waals surface area (Å²) in [6.45, 7) is 5.50. The minimum atomic E-state index is -0.739. The standard InChI is InChI=1S/C23H31F2N5O2/c1-13-11-30-17(12-27(13)5)22(31)29(9-7-8-26(3)4)21-20(30)15-10-16(24)14(2)18(25)19(15)28(6)23(21)32/h10,13,17H,7-9,11-12H2,1-6H3. The molecule has 0 radical (unpaired) electrons. The zero-order chi connectivity index (χ0) is 23.5. The number of likely N-dealkylation sites (N-methyl/N-ethyl adjacent to an activating group) is 1. The van der Waals surface area contributed by atoms with Gasteiger partial charge in [-0.3, -0.25) is 14.5 Å². The molecule has 32 heavy (non-hydrogen) atoms. The zero-order valence-corrected chi connectivity index (χ0v) is 19.6. The van der Waals surface area contributed by atoms with E-state index in [1.807, 2.05) is 37.9 Å². The minimum Gasteiger partial charge on any atom is -0.354 e. The third kappa shape index (κ3) is 3.38. The largest absolute Gasteiger partial charge is 0.354 e. The summed E-state index contributed by atoms with van der Waals surface area (Å²) in [6, 6.07) is 0.914. The molecule has 2 aliphatic heterocycles. The van der Waals surface area contributed by atoms with Gasteiger partial charge >= 0.3 is 0 Å². The Hall–Kier alpha value is -2.52. The molecule has 174 valence electrons. The number of aromatic nitrogens is 1. The second-order valence-corrected chi connectivity index (χ2v) is 9.36. The molecule has 1 aromatic heterocycles. The monoisotopic (exact) mass is 447 g/mol. The molecule has 0 saturated carbocycles. The first-order valence-electron chi connectivity index (χ1n) is 11.0. The Morgan fingerprint density at radius 1 is 1.12 bits per heavy atom. The molecular weight excluding hydrogens is 416 g/mol. The van der Waals surface area contributed by atoms with E-state index in [0.29, 0.717) is 37.1 Å². The van der Waals surface area contributed by atoms with E-state index in [0.717, 1.165) is 6.54 Å². The predicted octanol–water partition coefficient (Wildman–Crippen LogP) is 1.93.